The number of halogens is 3. The summed E-state index contributed by atoms with van der Waals surface area (Å²) in [4.78, 5) is 12.1. The molecule has 0 saturated heterocycles. The highest BCUT2D eigenvalue weighted by molar-refractivity contribution is 7.92. The van der Waals surface area contributed by atoms with E-state index >= 15 is 0 Å². The number of carbonyl (C=O) groups is 1. The SMILES string of the molecule is O=C(Nc1ccc(S(=O)(=O)Nc2cc(Cl)ccc2Cl)cc1)c1ccccc1F. The molecule has 0 heterocycles. The Morgan fingerprint density at radius 2 is 1.61 bits per heavy atom. The maximum atomic E-state index is 13.7. The van der Waals surface area contributed by atoms with E-state index in [0.717, 1.165) is 0 Å². The van der Waals surface area contributed by atoms with E-state index in [1.165, 1.54) is 60.7 Å². The molecule has 0 aliphatic rings. The highest BCUT2D eigenvalue weighted by Gasteiger charge is 2.17. The van der Waals surface area contributed by atoms with Gasteiger partial charge in [0.15, 0.2) is 0 Å². The van der Waals surface area contributed by atoms with Crippen LogP contribution in [0, 0.1) is 5.82 Å². The number of amides is 1. The van der Waals surface area contributed by atoms with Crippen LogP contribution in [-0.2, 0) is 10.0 Å². The maximum Gasteiger partial charge on any atom is 0.261 e. The molecule has 2 N–H and O–H groups in total. The monoisotopic (exact) mass is 438 g/mol. The summed E-state index contributed by atoms with van der Waals surface area (Å²) in [6, 6.07) is 15.3. The fourth-order valence-corrected chi connectivity index (χ4v) is 3.80. The van der Waals surface area contributed by atoms with E-state index in [9.17, 15) is 17.6 Å². The van der Waals surface area contributed by atoms with E-state index in [4.69, 9.17) is 23.2 Å². The quantitative estimate of drug-likeness (QED) is 0.575. The molecule has 0 aliphatic heterocycles. The summed E-state index contributed by atoms with van der Waals surface area (Å²) in [6.45, 7) is 0. The molecule has 28 heavy (non-hydrogen) atoms. The van der Waals surface area contributed by atoms with Gasteiger partial charge >= 0.3 is 0 Å². The third-order valence-corrected chi connectivity index (χ3v) is 5.66. The lowest BCUT2D eigenvalue weighted by atomic mass is 10.2. The topological polar surface area (TPSA) is 75.3 Å². The standard InChI is InChI=1S/C19H13Cl2FN2O3S/c20-12-5-10-16(21)18(11-12)24-28(26,27)14-8-6-13(7-9-14)23-19(25)15-3-1-2-4-17(15)22/h1-11,24H,(H,23,25). The lowest BCUT2D eigenvalue weighted by Gasteiger charge is -2.11. The molecule has 0 saturated carbocycles. The first-order valence-corrected chi connectivity index (χ1v) is 10.1. The molecule has 3 aromatic carbocycles. The van der Waals surface area contributed by atoms with Gasteiger partial charge in [-0.05, 0) is 54.6 Å². The zero-order valence-electron chi connectivity index (χ0n) is 14.1. The van der Waals surface area contributed by atoms with Crippen LogP contribution in [0.25, 0.3) is 0 Å². The predicted octanol–water partition coefficient (Wildman–Crippen LogP) is 5.19. The molecule has 9 heteroatoms. The van der Waals surface area contributed by atoms with Crippen LogP contribution in [-0.4, -0.2) is 14.3 Å². The van der Waals surface area contributed by atoms with E-state index in [1.807, 2.05) is 0 Å². The number of rotatable bonds is 5. The Bertz CT molecular complexity index is 1140. The van der Waals surface area contributed by atoms with Gasteiger partial charge in [-0.3, -0.25) is 9.52 Å². The first kappa shape index (κ1) is 20.1. The number of nitrogens with one attached hydrogen (secondary N) is 2. The van der Waals surface area contributed by atoms with Gasteiger partial charge in [-0.25, -0.2) is 12.8 Å². The molecule has 5 nitrogen and oxygen atoms in total. The molecule has 0 fully saturated rings. The number of anilines is 2. The van der Waals surface area contributed by atoms with Crippen LogP contribution in [0.15, 0.2) is 71.6 Å². The second kappa shape index (κ2) is 8.18. The lowest BCUT2D eigenvalue weighted by Crippen LogP contribution is -2.15. The number of sulfonamides is 1. The fraction of sp³-hybridized carbons (Fsp3) is 0. The van der Waals surface area contributed by atoms with Gasteiger partial charge in [-0.15, -0.1) is 0 Å². The maximum absolute atomic E-state index is 13.7. The minimum Gasteiger partial charge on any atom is -0.322 e. The molecular formula is C19H13Cl2FN2O3S. The molecule has 0 unspecified atom stereocenters. The molecule has 0 atom stereocenters. The van der Waals surface area contributed by atoms with Crippen LogP contribution in [0.3, 0.4) is 0 Å². The van der Waals surface area contributed by atoms with Gasteiger partial charge in [-0.2, -0.15) is 0 Å². The van der Waals surface area contributed by atoms with Gasteiger partial charge < -0.3 is 5.32 Å². The molecular weight excluding hydrogens is 426 g/mol. The first-order chi connectivity index (χ1) is 13.3. The van der Waals surface area contributed by atoms with Gasteiger partial charge in [-0.1, -0.05) is 35.3 Å². The van der Waals surface area contributed by atoms with Crippen molar-refractivity contribution in [2.75, 3.05) is 10.0 Å². The smallest absolute Gasteiger partial charge is 0.261 e. The Hall–Kier alpha value is -2.61. The van der Waals surface area contributed by atoms with Gasteiger partial charge in [0.05, 0.1) is 21.2 Å². The van der Waals surface area contributed by atoms with Crippen molar-refractivity contribution in [3.05, 3.63) is 88.2 Å². The van der Waals surface area contributed by atoms with Crippen molar-refractivity contribution in [2.45, 2.75) is 4.90 Å². The van der Waals surface area contributed by atoms with Crippen LogP contribution < -0.4 is 10.0 Å². The number of carbonyl (C=O) groups excluding carboxylic acids is 1. The van der Waals surface area contributed by atoms with Crippen LogP contribution in [0.1, 0.15) is 10.4 Å². The average Bonchev–Trinajstić information content (AvgIpc) is 2.65. The predicted molar refractivity (Wildman–Crippen MR) is 108 cm³/mol. The average molecular weight is 439 g/mol. The van der Waals surface area contributed by atoms with Crippen molar-refractivity contribution < 1.29 is 17.6 Å². The lowest BCUT2D eigenvalue weighted by molar-refractivity contribution is 0.102. The minimum absolute atomic E-state index is 0.0487. The van der Waals surface area contributed by atoms with Crippen molar-refractivity contribution in [1.29, 1.82) is 0 Å². The Kier molecular flexibility index (Phi) is 5.88. The van der Waals surface area contributed by atoms with Gasteiger partial charge in [0, 0.05) is 10.7 Å². The summed E-state index contributed by atoms with van der Waals surface area (Å²) < 4.78 is 41.0. The second-order valence-electron chi connectivity index (χ2n) is 5.69. The van der Waals surface area contributed by atoms with Crippen LogP contribution in [0.5, 0.6) is 0 Å². The molecule has 0 aromatic heterocycles. The highest BCUT2D eigenvalue weighted by Crippen LogP contribution is 2.28. The van der Waals surface area contributed by atoms with Crippen molar-refractivity contribution >= 4 is 50.5 Å². The van der Waals surface area contributed by atoms with E-state index < -0.39 is 21.7 Å². The third kappa shape index (κ3) is 4.62. The van der Waals surface area contributed by atoms with Crippen molar-refractivity contribution in [1.82, 2.24) is 0 Å². The van der Waals surface area contributed by atoms with Crippen molar-refractivity contribution in [2.24, 2.45) is 0 Å². The van der Waals surface area contributed by atoms with E-state index in [2.05, 4.69) is 10.0 Å². The molecule has 3 aromatic rings. The zero-order valence-corrected chi connectivity index (χ0v) is 16.4. The minimum atomic E-state index is -3.92. The highest BCUT2D eigenvalue weighted by atomic mass is 35.5. The van der Waals surface area contributed by atoms with Crippen LogP contribution >= 0.6 is 23.2 Å². The molecule has 0 bridgehead atoms. The van der Waals surface area contributed by atoms with E-state index in [-0.39, 0.29) is 21.2 Å². The van der Waals surface area contributed by atoms with Crippen molar-refractivity contribution in [3.63, 3.8) is 0 Å². The first-order valence-electron chi connectivity index (χ1n) is 7.90. The Labute approximate surface area is 171 Å². The van der Waals surface area contributed by atoms with Gasteiger partial charge in [0.2, 0.25) is 0 Å². The van der Waals surface area contributed by atoms with Gasteiger partial charge in [0.1, 0.15) is 5.82 Å². The molecule has 0 spiro atoms. The van der Waals surface area contributed by atoms with Gasteiger partial charge in [0.25, 0.3) is 15.9 Å². The number of benzene rings is 3. The summed E-state index contributed by atoms with van der Waals surface area (Å²) in [7, 11) is -3.92. The second-order valence-corrected chi connectivity index (χ2v) is 8.21. The van der Waals surface area contributed by atoms with E-state index in [1.54, 1.807) is 6.07 Å². The van der Waals surface area contributed by atoms with Crippen LogP contribution in [0.4, 0.5) is 15.8 Å². The largest absolute Gasteiger partial charge is 0.322 e. The third-order valence-electron chi connectivity index (χ3n) is 3.71. The molecule has 3 rings (SSSR count). The zero-order chi connectivity index (χ0) is 20.3. The summed E-state index contributed by atoms with van der Waals surface area (Å²) in [5.41, 5.74) is 0.343. The van der Waals surface area contributed by atoms with Crippen molar-refractivity contribution in [3.8, 4) is 0 Å². The summed E-state index contributed by atoms with van der Waals surface area (Å²) in [5, 5.41) is 3.03. The van der Waals surface area contributed by atoms with Crippen LogP contribution in [0.2, 0.25) is 10.0 Å². The number of hydrogen-bond donors (Lipinski definition) is 2. The summed E-state index contributed by atoms with van der Waals surface area (Å²) in [6.07, 6.45) is 0. The molecule has 0 radical (unpaired) electrons. The Balaban J connectivity index is 1.77. The molecule has 144 valence electrons. The summed E-state index contributed by atoms with van der Waals surface area (Å²) in [5.74, 6) is -1.29. The van der Waals surface area contributed by atoms with E-state index in [0.29, 0.717) is 10.7 Å². The molecule has 1 amide bonds. The Morgan fingerprint density at radius 3 is 2.29 bits per heavy atom. The Morgan fingerprint density at radius 1 is 0.929 bits per heavy atom. The number of hydrogen-bond acceptors (Lipinski definition) is 3. The molecule has 0 aliphatic carbocycles. The normalized spacial score (nSPS) is 11.1. The fourth-order valence-electron chi connectivity index (χ4n) is 2.34. The summed E-state index contributed by atoms with van der Waals surface area (Å²) >= 11 is 11.8.